The molecular formula is C22H21NO2. The van der Waals surface area contributed by atoms with Gasteiger partial charge in [-0.25, -0.2) is 0 Å². The van der Waals surface area contributed by atoms with Crippen LogP contribution in [0.5, 0.6) is 0 Å². The lowest BCUT2D eigenvalue weighted by atomic mass is 10.0. The van der Waals surface area contributed by atoms with Gasteiger partial charge in [-0.15, -0.1) is 5.92 Å². The van der Waals surface area contributed by atoms with Crippen molar-refractivity contribution >= 4 is 11.8 Å². The molecule has 0 saturated heterocycles. The van der Waals surface area contributed by atoms with E-state index in [4.69, 9.17) is 0 Å². The van der Waals surface area contributed by atoms with Gasteiger partial charge in [0, 0.05) is 6.42 Å². The number of imide groups is 1. The van der Waals surface area contributed by atoms with Gasteiger partial charge in [0.1, 0.15) is 6.04 Å². The van der Waals surface area contributed by atoms with E-state index in [1.54, 1.807) is 24.3 Å². The summed E-state index contributed by atoms with van der Waals surface area (Å²) in [4.78, 5) is 26.6. The van der Waals surface area contributed by atoms with Crippen LogP contribution >= 0.6 is 0 Å². The molecule has 2 aromatic carbocycles. The summed E-state index contributed by atoms with van der Waals surface area (Å²) in [6.07, 6.45) is 1.57. The molecule has 0 saturated carbocycles. The van der Waals surface area contributed by atoms with Gasteiger partial charge in [0.25, 0.3) is 11.8 Å². The van der Waals surface area contributed by atoms with Crippen LogP contribution in [0, 0.1) is 17.8 Å². The maximum Gasteiger partial charge on any atom is 0.262 e. The highest BCUT2D eigenvalue weighted by Crippen LogP contribution is 2.26. The molecule has 1 aliphatic heterocycles. The molecule has 0 radical (unpaired) electrons. The van der Waals surface area contributed by atoms with Crippen molar-refractivity contribution < 1.29 is 9.59 Å². The monoisotopic (exact) mass is 331 g/mol. The predicted octanol–water partition coefficient (Wildman–Crippen LogP) is 3.94. The largest absolute Gasteiger partial charge is 0.269 e. The lowest BCUT2D eigenvalue weighted by Gasteiger charge is -2.24. The molecule has 1 atom stereocenters. The number of amides is 2. The first-order chi connectivity index (χ1) is 12.1. The van der Waals surface area contributed by atoms with Crippen LogP contribution in [0.1, 0.15) is 46.5 Å². The van der Waals surface area contributed by atoms with E-state index >= 15 is 0 Å². The number of aryl methyl sites for hydroxylation is 1. The third-order valence-corrected chi connectivity index (χ3v) is 4.37. The third-order valence-electron chi connectivity index (χ3n) is 4.37. The Morgan fingerprint density at radius 2 is 1.44 bits per heavy atom. The first-order valence-corrected chi connectivity index (χ1v) is 8.59. The van der Waals surface area contributed by atoms with Gasteiger partial charge in [-0.3, -0.25) is 14.5 Å². The summed E-state index contributed by atoms with van der Waals surface area (Å²) < 4.78 is 0. The summed E-state index contributed by atoms with van der Waals surface area (Å²) in [5.41, 5.74) is 2.19. The molecule has 0 fully saturated rings. The average Bonchev–Trinajstić information content (AvgIpc) is 2.87. The molecule has 0 N–H and O–H groups in total. The fraction of sp³-hybridized carbons (Fsp3) is 0.273. The number of nitrogens with zero attached hydrogens (tertiary/aromatic N) is 1. The molecule has 0 spiro atoms. The first kappa shape index (κ1) is 17.0. The summed E-state index contributed by atoms with van der Waals surface area (Å²) in [5, 5.41) is 0. The Balaban J connectivity index is 1.76. The number of benzene rings is 2. The van der Waals surface area contributed by atoms with Crippen molar-refractivity contribution in [1.82, 2.24) is 4.90 Å². The molecule has 3 nitrogen and oxygen atoms in total. The Morgan fingerprint density at radius 1 is 0.880 bits per heavy atom. The average molecular weight is 331 g/mol. The Hall–Kier alpha value is -2.86. The standard InChI is InChI=1S/C22H21NO2/c1-16(2)20(15-9-6-12-17-10-4-3-5-11-17)23-21(24)18-13-7-8-14-19(18)22(23)25/h3-5,7-8,10-11,13-14,16,20H,6,12H2,1-2H3/t20-/m0/s1. The van der Waals surface area contributed by atoms with Gasteiger partial charge in [0.2, 0.25) is 0 Å². The number of carbonyl (C=O) groups is 2. The zero-order valence-electron chi connectivity index (χ0n) is 14.5. The van der Waals surface area contributed by atoms with Crippen molar-refractivity contribution in [3.8, 4) is 11.8 Å². The van der Waals surface area contributed by atoms with Gasteiger partial charge >= 0.3 is 0 Å². The number of hydrogen-bond donors (Lipinski definition) is 0. The molecule has 0 unspecified atom stereocenters. The van der Waals surface area contributed by atoms with E-state index in [1.165, 1.54) is 10.5 Å². The van der Waals surface area contributed by atoms with Crippen LogP contribution in [-0.2, 0) is 6.42 Å². The first-order valence-electron chi connectivity index (χ1n) is 8.59. The Morgan fingerprint density at radius 3 is 2.00 bits per heavy atom. The van der Waals surface area contributed by atoms with E-state index in [-0.39, 0.29) is 17.7 Å². The highest BCUT2D eigenvalue weighted by Gasteiger charge is 2.40. The SMILES string of the molecule is CC(C)[C@H](C#CCCc1ccccc1)N1C(=O)c2ccccc2C1=O. The molecule has 25 heavy (non-hydrogen) atoms. The lowest BCUT2D eigenvalue weighted by molar-refractivity contribution is 0.0590. The van der Waals surface area contributed by atoms with E-state index < -0.39 is 6.04 Å². The summed E-state index contributed by atoms with van der Waals surface area (Å²) in [6, 6.07) is 16.7. The summed E-state index contributed by atoms with van der Waals surface area (Å²) >= 11 is 0. The number of rotatable bonds is 4. The van der Waals surface area contributed by atoms with Crippen LogP contribution in [0.15, 0.2) is 54.6 Å². The Kier molecular flexibility index (Phi) is 5.00. The maximum absolute atomic E-state index is 12.6. The fourth-order valence-electron chi connectivity index (χ4n) is 3.02. The van der Waals surface area contributed by atoms with Crippen LogP contribution in [0.2, 0.25) is 0 Å². The molecule has 2 amide bonds. The second-order valence-electron chi connectivity index (χ2n) is 6.52. The molecule has 1 heterocycles. The maximum atomic E-state index is 12.6. The van der Waals surface area contributed by atoms with E-state index in [2.05, 4.69) is 24.0 Å². The van der Waals surface area contributed by atoms with Gasteiger partial charge < -0.3 is 0 Å². The van der Waals surface area contributed by atoms with E-state index in [1.807, 2.05) is 32.0 Å². The lowest BCUT2D eigenvalue weighted by Crippen LogP contribution is -2.42. The molecular weight excluding hydrogens is 310 g/mol. The molecule has 126 valence electrons. The number of hydrogen-bond acceptors (Lipinski definition) is 2. The molecule has 1 aliphatic rings. The summed E-state index contributed by atoms with van der Waals surface area (Å²) in [6.45, 7) is 3.97. The van der Waals surface area contributed by atoms with Crippen LogP contribution in [0.3, 0.4) is 0 Å². The van der Waals surface area contributed by atoms with Gasteiger partial charge in [-0.2, -0.15) is 0 Å². The smallest absolute Gasteiger partial charge is 0.262 e. The van der Waals surface area contributed by atoms with Crippen LogP contribution < -0.4 is 0 Å². The topological polar surface area (TPSA) is 37.4 Å². The predicted molar refractivity (Wildman–Crippen MR) is 98.1 cm³/mol. The van der Waals surface area contributed by atoms with E-state index in [9.17, 15) is 9.59 Å². The van der Waals surface area contributed by atoms with Gasteiger partial charge in [-0.05, 0) is 30.0 Å². The second kappa shape index (κ2) is 7.36. The van der Waals surface area contributed by atoms with Crippen molar-refractivity contribution in [2.24, 2.45) is 5.92 Å². The minimum absolute atomic E-state index is 0.0754. The van der Waals surface area contributed by atoms with Crippen molar-refractivity contribution in [3.05, 3.63) is 71.3 Å². The minimum atomic E-state index is -0.400. The van der Waals surface area contributed by atoms with Gasteiger partial charge in [0.05, 0.1) is 11.1 Å². The molecule has 2 aromatic rings. The zero-order chi connectivity index (χ0) is 17.8. The molecule has 0 bridgehead atoms. The van der Waals surface area contributed by atoms with Crippen LogP contribution in [-0.4, -0.2) is 22.8 Å². The molecule has 0 aliphatic carbocycles. The Bertz CT molecular complexity index is 808. The van der Waals surface area contributed by atoms with Crippen LogP contribution in [0.25, 0.3) is 0 Å². The Labute approximate surface area is 148 Å². The summed E-state index contributed by atoms with van der Waals surface area (Å²) in [5.74, 6) is 5.92. The second-order valence-corrected chi connectivity index (χ2v) is 6.52. The molecule has 3 heteroatoms. The molecule has 3 rings (SSSR count). The van der Waals surface area contributed by atoms with E-state index in [0.29, 0.717) is 17.5 Å². The zero-order valence-corrected chi connectivity index (χ0v) is 14.5. The minimum Gasteiger partial charge on any atom is -0.269 e. The normalized spacial score (nSPS) is 14.3. The fourth-order valence-corrected chi connectivity index (χ4v) is 3.02. The highest BCUT2D eigenvalue weighted by molar-refractivity contribution is 6.21. The van der Waals surface area contributed by atoms with Gasteiger partial charge in [0.15, 0.2) is 0 Å². The van der Waals surface area contributed by atoms with Crippen LogP contribution in [0.4, 0.5) is 0 Å². The number of carbonyl (C=O) groups excluding carboxylic acids is 2. The highest BCUT2D eigenvalue weighted by atomic mass is 16.2. The van der Waals surface area contributed by atoms with Crippen molar-refractivity contribution in [3.63, 3.8) is 0 Å². The quantitative estimate of drug-likeness (QED) is 0.628. The van der Waals surface area contributed by atoms with Gasteiger partial charge in [-0.1, -0.05) is 62.2 Å². The molecule has 0 aromatic heterocycles. The van der Waals surface area contributed by atoms with Crippen molar-refractivity contribution in [2.45, 2.75) is 32.7 Å². The van der Waals surface area contributed by atoms with E-state index in [0.717, 1.165) is 6.42 Å². The number of fused-ring (bicyclic) bond motifs is 1. The third kappa shape index (κ3) is 3.49. The summed E-state index contributed by atoms with van der Waals surface area (Å²) in [7, 11) is 0. The van der Waals surface area contributed by atoms with Crippen molar-refractivity contribution in [1.29, 1.82) is 0 Å². The van der Waals surface area contributed by atoms with Crippen molar-refractivity contribution in [2.75, 3.05) is 0 Å².